The summed E-state index contributed by atoms with van der Waals surface area (Å²) >= 11 is 0. The molecular formula is C9H9BO2. The normalized spacial score (nSPS) is 26.8. The van der Waals surface area contributed by atoms with Crippen molar-refractivity contribution < 1.29 is 9.47 Å². The molecule has 2 atom stereocenters. The highest BCUT2D eigenvalue weighted by Gasteiger charge is 2.36. The molecule has 60 valence electrons. The Labute approximate surface area is 72.9 Å². The molecule has 1 aliphatic heterocycles. The van der Waals surface area contributed by atoms with Crippen LogP contribution in [-0.2, 0) is 4.74 Å². The summed E-state index contributed by atoms with van der Waals surface area (Å²) in [7, 11) is 5.51. The van der Waals surface area contributed by atoms with Gasteiger partial charge in [-0.2, -0.15) is 0 Å². The molecule has 1 aromatic carbocycles. The van der Waals surface area contributed by atoms with Crippen LogP contribution in [0.25, 0.3) is 0 Å². The van der Waals surface area contributed by atoms with Gasteiger partial charge in [-0.15, -0.1) is 0 Å². The minimum Gasteiger partial charge on any atom is -0.462 e. The van der Waals surface area contributed by atoms with Gasteiger partial charge in [0.15, 0.2) is 0 Å². The highest BCUT2D eigenvalue weighted by Crippen LogP contribution is 2.24. The molecule has 2 radical (unpaired) electrons. The van der Waals surface area contributed by atoms with Gasteiger partial charge in [0.2, 0.25) is 6.29 Å². The highest BCUT2D eigenvalue weighted by molar-refractivity contribution is 6.32. The zero-order valence-corrected chi connectivity index (χ0v) is 6.86. The first-order valence-electron chi connectivity index (χ1n) is 3.93. The number of hydrogen-bond acceptors (Lipinski definition) is 2. The molecule has 2 nitrogen and oxygen atoms in total. The molecule has 1 aliphatic rings. The molecule has 12 heavy (non-hydrogen) atoms. The second kappa shape index (κ2) is 2.83. The van der Waals surface area contributed by atoms with E-state index in [1.807, 2.05) is 31.2 Å². The minimum atomic E-state index is -0.0615. The first kappa shape index (κ1) is 7.68. The molecule has 1 saturated heterocycles. The summed E-state index contributed by atoms with van der Waals surface area (Å²) in [5.74, 6) is 0.804. The van der Waals surface area contributed by atoms with E-state index < -0.39 is 0 Å². The number of benzene rings is 1. The van der Waals surface area contributed by atoms with Crippen LogP contribution in [0.5, 0.6) is 5.75 Å². The predicted molar refractivity (Wildman–Crippen MR) is 46.8 cm³/mol. The minimum absolute atomic E-state index is 0.0615. The Morgan fingerprint density at radius 3 is 2.42 bits per heavy atom. The Balaban J connectivity index is 2.00. The summed E-state index contributed by atoms with van der Waals surface area (Å²) < 4.78 is 10.5. The third-order valence-electron chi connectivity index (χ3n) is 1.79. The van der Waals surface area contributed by atoms with E-state index in [1.165, 1.54) is 0 Å². The second-order valence-electron chi connectivity index (χ2n) is 2.90. The van der Waals surface area contributed by atoms with E-state index >= 15 is 0 Å². The Morgan fingerprint density at radius 2 is 1.92 bits per heavy atom. The van der Waals surface area contributed by atoms with Gasteiger partial charge in [0, 0.05) is 0 Å². The van der Waals surface area contributed by atoms with Crippen LogP contribution in [0.2, 0.25) is 0 Å². The number of hydrogen-bond donors (Lipinski definition) is 0. The fourth-order valence-electron chi connectivity index (χ4n) is 0.970. The molecule has 0 amide bonds. The van der Waals surface area contributed by atoms with Crippen LogP contribution in [0.4, 0.5) is 0 Å². The van der Waals surface area contributed by atoms with Crippen molar-refractivity contribution in [2.75, 3.05) is 0 Å². The van der Waals surface area contributed by atoms with E-state index in [1.54, 1.807) is 0 Å². The lowest BCUT2D eigenvalue weighted by atomic mass is 9.97. The summed E-state index contributed by atoms with van der Waals surface area (Å²) in [5.41, 5.74) is 0.743. The number of ether oxygens (including phenoxy) is 2. The fourth-order valence-corrected chi connectivity index (χ4v) is 0.970. The maximum Gasteiger partial charge on any atom is 0.226 e. The summed E-state index contributed by atoms with van der Waals surface area (Å²) in [6, 6.07) is 7.29. The molecular weight excluding hydrogens is 151 g/mol. The molecule has 3 heteroatoms. The fraction of sp³-hybridized carbons (Fsp3) is 0.333. The van der Waals surface area contributed by atoms with E-state index in [0.717, 1.165) is 11.2 Å². The van der Waals surface area contributed by atoms with Crippen molar-refractivity contribution >= 4 is 13.3 Å². The third-order valence-corrected chi connectivity index (χ3v) is 1.79. The van der Waals surface area contributed by atoms with Gasteiger partial charge in [-0.3, -0.25) is 0 Å². The molecule has 2 rings (SSSR count). The first-order chi connectivity index (χ1) is 5.75. The quantitative estimate of drug-likeness (QED) is 0.466. The van der Waals surface area contributed by atoms with Crippen molar-refractivity contribution in [2.45, 2.75) is 19.3 Å². The Hall–Kier alpha value is -0.955. The topological polar surface area (TPSA) is 21.8 Å². The van der Waals surface area contributed by atoms with Crippen molar-refractivity contribution in [3.8, 4) is 5.75 Å². The summed E-state index contributed by atoms with van der Waals surface area (Å²) in [5, 5.41) is 0. The maximum absolute atomic E-state index is 5.51. The van der Waals surface area contributed by atoms with Crippen molar-refractivity contribution in [1.29, 1.82) is 0 Å². The average Bonchev–Trinajstić information content (AvgIpc) is 2.72. The van der Waals surface area contributed by atoms with Gasteiger partial charge in [-0.1, -0.05) is 17.6 Å². The highest BCUT2D eigenvalue weighted by atomic mass is 16.8. The molecule has 0 bridgehead atoms. The monoisotopic (exact) mass is 160 g/mol. The van der Waals surface area contributed by atoms with Gasteiger partial charge in [0.1, 0.15) is 19.7 Å². The summed E-state index contributed by atoms with van der Waals surface area (Å²) in [4.78, 5) is 0. The first-order valence-corrected chi connectivity index (χ1v) is 3.93. The lowest BCUT2D eigenvalue weighted by molar-refractivity contribution is 0.178. The smallest absolute Gasteiger partial charge is 0.226 e. The molecule has 0 N–H and O–H groups in total. The van der Waals surface area contributed by atoms with Crippen LogP contribution in [0.15, 0.2) is 24.3 Å². The largest absolute Gasteiger partial charge is 0.462 e. The third kappa shape index (κ3) is 1.61. The van der Waals surface area contributed by atoms with E-state index in [4.69, 9.17) is 17.3 Å². The van der Waals surface area contributed by atoms with E-state index in [9.17, 15) is 0 Å². The molecule has 2 unspecified atom stereocenters. The molecule has 1 aromatic rings. The molecule has 0 spiro atoms. The summed E-state index contributed by atoms with van der Waals surface area (Å²) in [6.45, 7) is 1.97. The van der Waals surface area contributed by atoms with Gasteiger partial charge in [-0.25, -0.2) is 0 Å². The SMILES string of the molecule is [B]c1ccc(OC2OC2C)cc1. The van der Waals surface area contributed by atoms with Crippen LogP contribution in [0.1, 0.15) is 6.92 Å². The van der Waals surface area contributed by atoms with Crippen LogP contribution in [-0.4, -0.2) is 20.2 Å². The van der Waals surface area contributed by atoms with E-state index in [2.05, 4.69) is 0 Å². The Bertz CT molecular complexity index is 270. The average molecular weight is 160 g/mol. The van der Waals surface area contributed by atoms with Crippen molar-refractivity contribution in [1.82, 2.24) is 0 Å². The lowest BCUT2D eigenvalue weighted by Crippen LogP contribution is -2.04. The van der Waals surface area contributed by atoms with E-state index in [0.29, 0.717) is 0 Å². The van der Waals surface area contributed by atoms with Gasteiger partial charge < -0.3 is 9.47 Å². The van der Waals surface area contributed by atoms with Crippen molar-refractivity contribution in [2.24, 2.45) is 0 Å². The molecule has 0 aliphatic carbocycles. The maximum atomic E-state index is 5.51. The Morgan fingerprint density at radius 1 is 1.33 bits per heavy atom. The van der Waals surface area contributed by atoms with Gasteiger partial charge in [0.25, 0.3) is 0 Å². The number of epoxide rings is 1. The molecule has 1 fully saturated rings. The molecule has 0 saturated carbocycles. The van der Waals surface area contributed by atoms with E-state index in [-0.39, 0.29) is 12.4 Å². The van der Waals surface area contributed by atoms with Crippen LogP contribution in [0, 0.1) is 0 Å². The lowest BCUT2D eigenvalue weighted by Gasteiger charge is -2.01. The second-order valence-corrected chi connectivity index (χ2v) is 2.90. The standard InChI is InChI=1S/C9H9BO2/c1-6-9(11-6)12-8-4-2-7(10)3-5-8/h2-6,9H,1H3. The molecule has 1 heterocycles. The van der Waals surface area contributed by atoms with Gasteiger partial charge in [0.05, 0.1) is 0 Å². The van der Waals surface area contributed by atoms with Gasteiger partial charge in [-0.05, 0) is 19.1 Å². The van der Waals surface area contributed by atoms with Gasteiger partial charge >= 0.3 is 0 Å². The summed E-state index contributed by atoms with van der Waals surface area (Å²) in [6.07, 6.45) is 0.163. The zero-order valence-electron chi connectivity index (χ0n) is 6.86. The zero-order chi connectivity index (χ0) is 8.55. The number of rotatable bonds is 2. The Kier molecular flexibility index (Phi) is 1.81. The van der Waals surface area contributed by atoms with Crippen molar-refractivity contribution in [3.05, 3.63) is 24.3 Å². The van der Waals surface area contributed by atoms with Crippen LogP contribution < -0.4 is 10.2 Å². The van der Waals surface area contributed by atoms with Crippen molar-refractivity contribution in [3.63, 3.8) is 0 Å². The van der Waals surface area contributed by atoms with Crippen LogP contribution >= 0.6 is 0 Å². The predicted octanol–water partition coefficient (Wildman–Crippen LogP) is 0.604. The molecule has 0 aromatic heterocycles. The van der Waals surface area contributed by atoms with Crippen LogP contribution in [0.3, 0.4) is 0 Å².